The molecule has 0 fully saturated rings. The standard InChI is InChI=1S/3HI.Na.Sc.Zn.H/h3*1H;;;;. The molecule has 0 nitrogen and oxygen atoms in total. The molecular weight excluding hydrogens is 514 g/mol. The quantitative estimate of drug-likeness (QED) is 0.335. The summed E-state index contributed by atoms with van der Waals surface area (Å²) >= 11 is 0. The predicted molar refractivity (Wildman–Crippen MR) is 53.4 cm³/mol. The van der Waals surface area contributed by atoms with E-state index < -0.39 is 0 Å². The van der Waals surface area contributed by atoms with E-state index in [0.717, 1.165) is 0 Å². The molecule has 0 aliphatic heterocycles. The van der Waals surface area contributed by atoms with E-state index in [0.29, 0.717) is 0 Å². The van der Waals surface area contributed by atoms with Crippen LogP contribution in [0.15, 0.2) is 0 Å². The maximum absolute atomic E-state index is 0. The number of hydrogen-bond donors (Lipinski definition) is 0. The van der Waals surface area contributed by atoms with E-state index in [-0.39, 0.29) is 147 Å². The molecule has 0 saturated carbocycles. The van der Waals surface area contributed by atoms with Crippen molar-refractivity contribution in [2.45, 2.75) is 0 Å². The Bertz CT molecular complexity index is 10.8. The Balaban J connectivity index is 0. The Kier molecular flexibility index (Phi) is 253. The first-order chi connectivity index (χ1) is 0. The van der Waals surface area contributed by atoms with Gasteiger partial charge in [0.15, 0.2) is 0 Å². The molecule has 0 aliphatic rings. The first-order valence-electron chi connectivity index (χ1n) is 0. The normalized spacial score (nSPS) is 0. The third-order valence-corrected chi connectivity index (χ3v) is 0. The average molecular weight is 518 g/mol. The van der Waals surface area contributed by atoms with Gasteiger partial charge in [0.25, 0.3) is 0 Å². The Labute approximate surface area is 143 Å². The molecule has 0 aromatic heterocycles. The zero-order chi connectivity index (χ0) is 0. The van der Waals surface area contributed by atoms with Gasteiger partial charge in [0.1, 0.15) is 0 Å². The van der Waals surface area contributed by atoms with Crippen molar-refractivity contribution in [3.63, 3.8) is 0 Å². The van der Waals surface area contributed by atoms with Crippen LogP contribution in [0.3, 0.4) is 0 Å². The van der Waals surface area contributed by atoms with Crippen LogP contribution in [0.5, 0.6) is 0 Å². The molecule has 0 spiro atoms. The minimum Gasteiger partial charge on any atom is 0 e. The Hall–Kier alpha value is 4.68. The smallest absolute Gasteiger partial charge is 0 e. The van der Waals surface area contributed by atoms with E-state index in [1.807, 2.05) is 0 Å². The predicted octanol–water partition coefficient (Wildman–Crippen LogP) is 1.20. The average Bonchev–Trinajstić information content (AvgIpc) is 0. The second kappa shape index (κ2) is 33.3. The fraction of sp³-hybridized carbons (Fsp3) is 0. The SMILES string of the molecule is I.I.I.[NaH].[Sc].[Zn]. The van der Waals surface area contributed by atoms with Crippen molar-refractivity contribution < 1.29 is 45.3 Å². The summed E-state index contributed by atoms with van der Waals surface area (Å²) < 4.78 is 0. The zero-order valence-corrected chi connectivity index (χ0v) is 14.3. The number of hydrogen-bond acceptors (Lipinski definition) is 0. The molecule has 0 unspecified atom stereocenters. The maximum atomic E-state index is 0. The van der Waals surface area contributed by atoms with Gasteiger partial charge in [-0.3, -0.25) is 0 Å². The molecule has 0 saturated heterocycles. The van der Waals surface area contributed by atoms with Gasteiger partial charge in [0.05, 0.1) is 0 Å². The molecule has 0 aromatic rings. The van der Waals surface area contributed by atoms with Crippen LogP contribution in [0.25, 0.3) is 0 Å². The first kappa shape index (κ1) is 45.7. The van der Waals surface area contributed by atoms with Crippen molar-refractivity contribution in [2.75, 3.05) is 0 Å². The molecule has 0 N–H and O–H groups in total. The van der Waals surface area contributed by atoms with Gasteiger partial charge in [-0.05, 0) is 0 Å². The molecule has 0 aliphatic carbocycles. The summed E-state index contributed by atoms with van der Waals surface area (Å²) in [5, 5.41) is 0. The van der Waals surface area contributed by atoms with Crippen molar-refractivity contribution in [1.82, 2.24) is 0 Å². The zero-order valence-electron chi connectivity index (χ0n) is 2.51. The summed E-state index contributed by atoms with van der Waals surface area (Å²) in [6.45, 7) is 0. The molecular formula is H4I3NaScZn. The molecule has 1 radical (unpaired) electrons. The summed E-state index contributed by atoms with van der Waals surface area (Å²) in [6.07, 6.45) is 0. The van der Waals surface area contributed by atoms with Gasteiger partial charge in [-0.1, -0.05) is 0 Å². The molecule has 0 amide bonds. The van der Waals surface area contributed by atoms with Crippen molar-refractivity contribution in [2.24, 2.45) is 0 Å². The Morgan fingerprint density at radius 3 is 0.667 bits per heavy atom. The Morgan fingerprint density at radius 2 is 0.667 bits per heavy atom. The van der Waals surface area contributed by atoms with Crippen LogP contribution in [-0.4, -0.2) is 29.6 Å². The summed E-state index contributed by atoms with van der Waals surface area (Å²) in [4.78, 5) is 0. The van der Waals surface area contributed by atoms with E-state index in [1.54, 1.807) is 0 Å². The molecule has 0 heterocycles. The van der Waals surface area contributed by atoms with Crippen LogP contribution in [-0.2, 0) is 45.3 Å². The van der Waals surface area contributed by atoms with E-state index >= 15 is 0 Å². The van der Waals surface area contributed by atoms with Gasteiger partial charge in [0, 0.05) is 45.3 Å². The van der Waals surface area contributed by atoms with E-state index in [9.17, 15) is 0 Å². The molecule has 0 atom stereocenters. The van der Waals surface area contributed by atoms with Crippen LogP contribution in [0.1, 0.15) is 0 Å². The molecule has 6 heavy (non-hydrogen) atoms. The summed E-state index contributed by atoms with van der Waals surface area (Å²) in [6, 6.07) is 0. The van der Waals surface area contributed by atoms with Crippen molar-refractivity contribution >= 4 is 101 Å². The van der Waals surface area contributed by atoms with E-state index in [4.69, 9.17) is 0 Å². The third kappa shape index (κ3) is 23.4. The van der Waals surface area contributed by atoms with Gasteiger partial charge >= 0.3 is 29.6 Å². The fourth-order valence-corrected chi connectivity index (χ4v) is 0. The second-order valence-electron chi connectivity index (χ2n) is 0. The molecule has 0 aromatic carbocycles. The van der Waals surface area contributed by atoms with Crippen molar-refractivity contribution in [3.8, 4) is 0 Å². The molecule has 0 rings (SSSR count). The van der Waals surface area contributed by atoms with Gasteiger partial charge in [-0.25, -0.2) is 0 Å². The van der Waals surface area contributed by atoms with E-state index in [1.165, 1.54) is 0 Å². The van der Waals surface area contributed by atoms with E-state index in [2.05, 4.69) is 0 Å². The second-order valence-corrected chi connectivity index (χ2v) is 0. The number of rotatable bonds is 0. The number of halogens is 3. The first-order valence-corrected chi connectivity index (χ1v) is 0. The van der Waals surface area contributed by atoms with Gasteiger partial charge < -0.3 is 0 Å². The van der Waals surface area contributed by atoms with Crippen molar-refractivity contribution in [3.05, 3.63) is 0 Å². The van der Waals surface area contributed by atoms with Crippen LogP contribution >= 0.6 is 71.9 Å². The van der Waals surface area contributed by atoms with Crippen LogP contribution in [0.2, 0.25) is 0 Å². The maximum Gasteiger partial charge on any atom is 0 e. The largest absolute Gasteiger partial charge is 0 e. The minimum absolute atomic E-state index is 0. The van der Waals surface area contributed by atoms with Gasteiger partial charge in [0.2, 0.25) is 0 Å². The minimum atomic E-state index is 0. The molecule has 6 heteroatoms. The summed E-state index contributed by atoms with van der Waals surface area (Å²) in [5.41, 5.74) is 0. The van der Waals surface area contributed by atoms with Gasteiger partial charge in [-0.2, -0.15) is 0 Å². The summed E-state index contributed by atoms with van der Waals surface area (Å²) in [7, 11) is 0. The third-order valence-electron chi connectivity index (χ3n) is 0. The van der Waals surface area contributed by atoms with Crippen LogP contribution in [0, 0.1) is 0 Å². The Morgan fingerprint density at radius 1 is 0.667 bits per heavy atom. The van der Waals surface area contributed by atoms with Crippen LogP contribution < -0.4 is 0 Å². The monoisotopic (exact) mass is 517 g/mol. The van der Waals surface area contributed by atoms with Crippen LogP contribution in [0.4, 0.5) is 0 Å². The molecule has 31 valence electrons. The molecule has 0 bridgehead atoms. The topological polar surface area (TPSA) is 0 Å². The fourth-order valence-electron chi connectivity index (χ4n) is 0. The summed E-state index contributed by atoms with van der Waals surface area (Å²) in [5.74, 6) is 0. The van der Waals surface area contributed by atoms with Gasteiger partial charge in [-0.15, -0.1) is 71.9 Å². The van der Waals surface area contributed by atoms with Crippen molar-refractivity contribution in [1.29, 1.82) is 0 Å².